The number of amides is 1. The summed E-state index contributed by atoms with van der Waals surface area (Å²) in [5.41, 5.74) is 1.51. The second-order valence-electron chi connectivity index (χ2n) is 4.87. The standard InChI is InChI=1S/C17H20N4O2S/c1-4-16(22)20-13-6-5-7-14(10-13)21-17-15(24-9-8-23-3)11-18-12(2)19-17/h4-7,10-11H,1,8-9H2,2-3H3,(H,20,22)(H,18,19,21). The lowest BCUT2D eigenvalue weighted by Gasteiger charge is -2.12. The van der Waals surface area contributed by atoms with Gasteiger partial charge in [0.25, 0.3) is 0 Å². The topological polar surface area (TPSA) is 76.1 Å². The molecule has 1 aromatic heterocycles. The van der Waals surface area contributed by atoms with Gasteiger partial charge in [0.2, 0.25) is 5.91 Å². The number of aryl methyl sites for hydroxylation is 1. The molecule has 0 radical (unpaired) electrons. The first-order valence-electron chi connectivity index (χ1n) is 7.38. The summed E-state index contributed by atoms with van der Waals surface area (Å²) < 4.78 is 5.08. The lowest BCUT2D eigenvalue weighted by atomic mass is 10.2. The van der Waals surface area contributed by atoms with Crippen molar-refractivity contribution in [3.8, 4) is 0 Å². The number of benzene rings is 1. The highest BCUT2D eigenvalue weighted by atomic mass is 32.2. The molecule has 1 aromatic carbocycles. The van der Waals surface area contributed by atoms with Crippen LogP contribution in [-0.4, -0.2) is 35.3 Å². The van der Waals surface area contributed by atoms with Gasteiger partial charge >= 0.3 is 0 Å². The number of rotatable bonds is 8. The summed E-state index contributed by atoms with van der Waals surface area (Å²) in [4.78, 5) is 21.1. The van der Waals surface area contributed by atoms with Crippen LogP contribution in [0.3, 0.4) is 0 Å². The molecule has 2 rings (SSSR count). The zero-order chi connectivity index (χ0) is 17.4. The Labute approximate surface area is 145 Å². The number of nitrogens with one attached hydrogen (secondary N) is 2. The van der Waals surface area contributed by atoms with Crippen molar-refractivity contribution in [2.45, 2.75) is 11.8 Å². The van der Waals surface area contributed by atoms with E-state index in [1.54, 1.807) is 25.1 Å². The van der Waals surface area contributed by atoms with Gasteiger partial charge in [0.1, 0.15) is 11.6 Å². The van der Waals surface area contributed by atoms with E-state index in [0.29, 0.717) is 18.1 Å². The van der Waals surface area contributed by atoms with Crippen LogP contribution in [0.15, 0.2) is 48.0 Å². The Morgan fingerprint density at radius 2 is 2.21 bits per heavy atom. The molecule has 7 heteroatoms. The van der Waals surface area contributed by atoms with Gasteiger partial charge in [0, 0.05) is 30.4 Å². The van der Waals surface area contributed by atoms with Crippen LogP contribution in [0.25, 0.3) is 0 Å². The van der Waals surface area contributed by atoms with Gasteiger partial charge in [-0.1, -0.05) is 12.6 Å². The molecule has 0 atom stereocenters. The van der Waals surface area contributed by atoms with Gasteiger partial charge < -0.3 is 15.4 Å². The van der Waals surface area contributed by atoms with E-state index >= 15 is 0 Å². The highest BCUT2D eigenvalue weighted by Crippen LogP contribution is 2.28. The second kappa shape index (κ2) is 9.05. The maximum atomic E-state index is 11.4. The van der Waals surface area contributed by atoms with E-state index in [0.717, 1.165) is 22.2 Å². The number of hydrogen-bond acceptors (Lipinski definition) is 6. The quantitative estimate of drug-likeness (QED) is 0.434. The number of aromatic nitrogens is 2. The minimum atomic E-state index is -0.249. The average Bonchev–Trinajstić information content (AvgIpc) is 2.57. The first kappa shape index (κ1) is 18.0. The fourth-order valence-corrected chi connectivity index (χ4v) is 2.72. The van der Waals surface area contributed by atoms with Crippen molar-refractivity contribution in [3.63, 3.8) is 0 Å². The van der Waals surface area contributed by atoms with Crippen LogP contribution in [0.4, 0.5) is 17.2 Å². The van der Waals surface area contributed by atoms with Crippen molar-refractivity contribution >= 4 is 34.9 Å². The van der Waals surface area contributed by atoms with E-state index in [1.807, 2.05) is 31.2 Å². The molecule has 1 heterocycles. The van der Waals surface area contributed by atoms with Crippen LogP contribution >= 0.6 is 11.8 Å². The Morgan fingerprint density at radius 3 is 2.96 bits per heavy atom. The van der Waals surface area contributed by atoms with E-state index in [2.05, 4.69) is 27.2 Å². The monoisotopic (exact) mass is 344 g/mol. The van der Waals surface area contributed by atoms with Crippen LogP contribution in [0.5, 0.6) is 0 Å². The molecule has 0 aliphatic carbocycles. The van der Waals surface area contributed by atoms with Gasteiger partial charge in [0.05, 0.1) is 11.5 Å². The lowest BCUT2D eigenvalue weighted by molar-refractivity contribution is -0.111. The average molecular weight is 344 g/mol. The van der Waals surface area contributed by atoms with Crippen molar-refractivity contribution in [2.24, 2.45) is 0 Å². The molecular weight excluding hydrogens is 324 g/mol. The van der Waals surface area contributed by atoms with Crippen LogP contribution in [-0.2, 0) is 9.53 Å². The highest BCUT2D eigenvalue weighted by molar-refractivity contribution is 7.99. The minimum absolute atomic E-state index is 0.249. The van der Waals surface area contributed by atoms with E-state index in [1.165, 1.54) is 6.08 Å². The molecule has 0 unspecified atom stereocenters. The molecule has 0 aliphatic rings. The molecule has 2 N–H and O–H groups in total. The number of methoxy groups -OCH3 is 1. The molecule has 126 valence electrons. The summed E-state index contributed by atoms with van der Waals surface area (Å²) in [6.07, 6.45) is 3.03. The Hall–Kier alpha value is -2.38. The maximum Gasteiger partial charge on any atom is 0.247 e. The van der Waals surface area contributed by atoms with Crippen LogP contribution < -0.4 is 10.6 Å². The molecule has 0 bridgehead atoms. The SMILES string of the molecule is C=CC(=O)Nc1cccc(Nc2nc(C)ncc2SCCOC)c1. The minimum Gasteiger partial charge on any atom is -0.384 e. The third-order valence-electron chi connectivity index (χ3n) is 3.00. The van der Waals surface area contributed by atoms with Crippen molar-refractivity contribution in [1.82, 2.24) is 9.97 Å². The summed E-state index contributed by atoms with van der Waals surface area (Å²) in [6, 6.07) is 7.41. The zero-order valence-electron chi connectivity index (χ0n) is 13.7. The fraction of sp³-hybridized carbons (Fsp3) is 0.235. The summed E-state index contributed by atoms with van der Waals surface area (Å²) in [5.74, 6) is 1.98. The first-order chi connectivity index (χ1) is 11.6. The van der Waals surface area contributed by atoms with Crippen molar-refractivity contribution < 1.29 is 9.53 Å². The van der Waals surface area contributed by atoms with E-state index < -0.39 is 0 Å². The third kappa shape index (κ3) is 5.36. The Bertz CT molecular complexity index is 721. The Balaban J connectivity index is 2.17. The normalized spacial score (nSPS) is 10.2. The van der Waals surface area contributed by atoms with Crippen molar-refractivity contribution in [2.75, 3.05) is 30.1 Å². The molecule has 0 saturated heterocycles. The van der Waals surface area contributed by atoms with Gasteiger partial charge in [-0.15, -0.1) is 11.8 Å². The number of carbonyl (C=O) groups is 1. The number of thioether (sulfide) groups is 1. The van der Waals surface area contributed by atoms with Crippen LogP contribution in [0, 0.1) is 6.92 Å². The molecule has 1 amide bonds. The molecular formula is C17H20N4O2S. The lowest BCUT2D eigenvalue weighted by Crippen LogP contribution is -2.07. The third-order valence-corrected chi connectivity index (χ3v) is 3.98. The van der Waals surface area contributed by atoms with Gasteiger partial charge in [-0.25, -0.2) is 9.97 Å². The van der Waals surface area contributed by atoms with Crippen LogP contribution in [0.1, 0.15) is 5.82 Å². The van der Waals surface area contributed by atoms with E-state index in [9.17, 15) is 4.79 Å². The molecule has 2 aromatic rings. The molecule has 0 aliphatic heterocycles. The molecule has 0 fully saturated rings. The summed E-state index contributed by atoms with van der Waals surface area (Å²) in [6.45, 7) is 5.94. The molecule has 6 nitrogen and oxygen atoms in total. The molecule has 24 heavy (non-hydrogen) atoms. The van der Waals surface area contributed by atoms with Gasteiger partial charge in [-0.2, -0.15) is 0 Å². The van der Waals surface area contributed by atoms with Gasteiger partial charge in [-0.05, 0) is 31.2 Å². The Morgan fingerprint density at radius 1 is 1.42 bits per heavy atom. The molecule has 0 saturated carbocycles. The molecule has 0 spiro atoms. The number of hydrogen-bond donors (Lipinski definition) is 2. The number of ether oxygens (including phenoxy) is 1. The Kier molecular flexibility index (Phi) is 6.77. The van der Waals surface area contributed by atoms with Gasteiger partial charge in [0.15, 0.2) is 0 Å². The summed E-state index contributed by atoms with van der Waals surface area (Å²) in [7, 11) is 1.68. The van der Waals surface area contributed by atoms with Crippen molar-refractivity contribution in [1.29, 1.82) is 0 Å². The smallest absolute Gasteiger partial charge is 0.247 e. The van der Waals surface area contributed by atoms with E-state index in [-0.39, 0.29) is 5.91 Å². The number of carbonyl (C=O) groups excluding carboxylic acids is 1. The largest absolute Gasteiger partial charge is 0.384 e. The first-order valence-corrected chi connectivity index (χ1v) is 8.37. The zero-order valence-corrected chi connectivity index (χ0v) is 14.5. The van der Waals surface area contributed by atoms with E-state index in [4.69, 9.17) is 4.74 Å². The predicted molar refractivity (Wildman–Crippen MR) is 97.9 cm³/mol. The predicted octanol–water partition coefficient (Wildman–Crippen LogP) is 3.39. The summed E-state index contributed by atoms with van der Waals surface area (Å²) in [5, 5.41) is 6.02. The summed E-state index contributed by atoms with van der Waals surface area (Å²) >= 11 is 1.62. The maximum absolute atomic E-state index is 11.4. The highest BCUT2D eigenvalue weighted by Gasteiger charge is 2.08. The number of nitrogens with zero attached hydrogens (tertiary/aromatic N) is 2. The van der Waals surface area contributed by atoms with Gasteiger partial charge in [-0.3, -0.25) is 4.79 Å². The number of anilines is 3. The second-order valence-corrected chi connectivity index (χ2v) is 6.01. The van der Waals surface area contributed by atoms with Crippen molar-refractivity contribution in [3.05, 3.63) is 48.9 Å². The fourth-order valence-electron chi connectivity index (χ4n) is 1.89. The van der Waals surface area contributed by atoms with Crippen LogP contribution in [0.2, 0.25) is 0 Å².